The molecule has 0 heterocycles. The molecule has 2 nitrogen and oxygen atoms in total. The van der Waals surface area contributed by atoms with Crippen molar-refractivity contribution >= 4 is 11.8 Å². The molecule has 2 aromatic carbocycles. The minimum atomic E-state index is 0.180. The third kappa shape index (κ3) is 4.39. The van der Waals surface area contributed by atoms with Gasteiger partial charge in [-0.1, -0.05) is 42.5 Å². The van der Waals surface area contributed by atoms with E-state index in [1.165, 1.54) is 16.0 Å². The van der Waals surface area contributed by atoms with Crippen LogP contribution in [-0.4, -0.2) is 6.26 Å². The molecular formula is C16H19NOS. The Morgan fingerprint density at radius 2 is 1.74 bits per heavy atom. The monoisotopic (exact) mass is 273 g/mol. The smallest absolute Gasteiger partial charge is 0.0933 e. The molecule has 100 valence electrons. The van der Waals surface area contributed by atoms with Crippen LogP contribution in [0.2, 0.25) is 0 Å². The van der Waals surface area contributed by atoms with Crippen molar-refractivity contribution < 1.29 is 4.84 Å². The number of thioether (sulfide) groups is 1. The fourth-order valence-corrected chi connectivity index (χ4v) is 2.19. The van der Waals surface area contributed by atoms with Crippen molar-refractivity contribution in [3.8, 4) is 0 Å². The zero-order valence-electron chi connectivity index (χ0n) is 11.3. The lowest BCUT2D eigenvalue weighted by Crippen LogP contribution is -2.18. The Kier molecular flexibility index (Phi) is 5.45. The number of nitrogens with one attached hydrogen (secondary N) is 1. The summed E-state index contributed by atoms with van der Waals surface area (Å²) in [7, 11) is 0. The van der Waals surface area contributed by atoms with Crippen LogP contribution in [0.15, 0.2) is 59.5 Å². The first-order chi connectivity index (χ1) is 9.29. The maximum absolute atomic E-state index is 5.54. The molecule has 0 aliphatic carbocycles. The predicted octanol–water partition coefficient (Wildman–Crippen LogP) is 4.19. The molecular weight excluding hydrogens is 254 g/mol. The second kappa shape index (κ2) is 7.34. The van der Waals surface area contributed by atoms with E-state index >= 15 is 0 Å². The molecule has 0 aliphatic heterocycles. The number of rotatable bonds is 6. The molecule has 0 radical (unpaired) electrons. The summed E-state index contributed by atoms with van der Waals surface area (Å²) in [6.07, 6.45) is 2.08. The summed E-state index contributed by atoms with van der Waals surface area (Å²) in [5.41, 5.74) is 5.47. The third-order valence-corrected chi connectivity index (χ3v) is 3.70. The van der Waals surface area contributed by atoms with Gasteiger partial charge in [0.1, 0.15) is 0 Å². The molecule has 0 aliphatic rings. The van der Waals surface area contributed by atoms with Gasteiger partial charge in [0.2, 0.25) is 0 Å². The van der Waals surface area contributed by atoms with Crippen molar-refractivity contribution in [3.05, 3.63) is 65.7 Å². The third-order valence-electron chi connectivity index (χ3n) is 2.96. The first-order valence-corrected chi connectivity index (χ1v) is 7.57. The van der Waals surface area contributed by atoms with E-state index in [2.05, 4.69) is 55.1 Å². The molecule has 3 heteroatoms. The standard InChI is InChI=1S/C16H19NOS/c1-13(15-8-10-16(19-2)11-9-15)17-18-12-14-6-4-3-5-7-14/h3-11,13,17H,12H2,1-2H3. The second-order valence-electron chi connectivity index (χ2n) is 4.39. The van der Waals surface area contributed by atoms with Gasteiger partial charge in [0.05, 0.1) is 12.6 Å². The van der Waals surface area contributed by atoms with Crippen LogP contribution in [-0.2, 0) is 11.4 Å². The van der Waals surface area contributed by atoms with Gasteiger partial charge >= 0.3 is 0 Å². The van der Waals surface area contributed by atoms with Crippen LogP contribution in [0.3, 0.4) is 0 Å². The molecule has 19 heavy (non-hydrogen) atoms. The fraction of sp³-hybridized carbons (Fsp3) is 0.250. The lowest BCUT2D eigenvalue weighted by atomic mass is 10.1. The van der Waals surface area contributed by atoms with E-state index in [0.29, 0.717) is 6.61 Å². The van der Waals surface area contributed by atoms with Gasteiger partial charge in [-0.15, -0.1) is 11.8 Å². The van der Waals surface area contributed by atoms with Gasteiger partial charge in [-0.25, -0.2) is 0 Å². The normalized spacial score (nSPS) is 12.3. The largest absolute Gasteiger partial charge is 0.296 e. The fourth-order valence-electron chi connectivity index (χ4n) is 1.78. The van der Waals surface area contributed by atoms with E-state index in [-0.39, 0.29) is 6.04 Å². The van der Waals surface area contributed by atoms with Crippen LogP contribution in [0.4, 0.5) is 0 Å². The Morgan fingerprint density at radius 1 is 1.05 bits per heavy atom. The van der Waals surface area contributed by atoms with E-state index in [0.717, 1.165) is 0 Å². The molecule has 2 rings (SSSR count). The van der Waals surface area contributed by atoms with Crippen LogP contribution >= 0.6 is 11.8 Å². The van der Waals surface area contributed by atoms with Crippen molar-refractivity contribution in [2.24, 2.45) is 0 Å². The highest BCUT2D eigenvalue weighted by Crippen LogP contribution is 2.18. The van der Waals surface area contributed by atoms with Crippen LogP contribution in [0.1, 0.15) is 24.1 Å². The quantitative estimate of drug-likeness (QED) is 0.630. The van der Waals surface area contributed by atoms with Gasteiger partial charge in [-0.05, 0) is 36.4 Å². The molecule has 1 N–H and O–H groups in total. The molecule has 0 bridgehead atoms. The second-order valence-corrected chi connectivity index (χ2v) is 5.27. The summed E-state index contributed by atoms with van der Waals surface area (Å²) in [5, 5.41) is 0. The van der Waals surface area contributed by atoms with Crippen molar-refractivity contribution in [3.63, 3.8) is 0 Å². The molecule has 0 saturated carbocycles. The Hall–Kier alpha value is -1.29. The van der Waals surface area contributed by atoms with Gasteiger partial charge in [0.15, 0.2) is 0 Å². The molecule has 0 amide bonds. The highest BCUT2D eigenvalue weighted by Gasteiger charge is 2.04. The summed E-state index contributed by atoms with van der Waals surface area (Å²) < 4.78 is 0. The number of benzene rings is 2. The summed E-state index contributed by atoms with van der Waals surface area (Å²) in [6.45, 7) is 2.67. The Bertz CT molecular complexity index is 484. The first kappa shape index (κ1) is 14.1. The maximum atomic E-state index is 5.54. The predicted molar refractivity (Wildman–Crippen MR) is 81.0 cm³/mol. The average molecular weight is 273 g/mol. The Labute approximate surface area is 119 Å². The van der Waals surface area contributed by atoms with Gasteiger partial charge in [0.25, 0.3) is 0 Å². The Balaban J connectivity index is 1.82. The topological polar surface area (TPSA) is 21.3 Å². The van der Waals surface area contributed by atoms with E-state index < -0.39 is 0 Å². The maximum Gasteiger partial charge on any atom is 0.0933 e. The molecule has 2 aromatic rings. The van der Waals surface area contributed by atoms with E-state index in [9.17, 15) is 0 Å². The lowest BCUT2D eigenvalue weighted by Gasteiger charge is -2.14. The minimum Gasteiger partial charge on any atom is -0.296 e. The average Bonchev–Trinajstić information content (AvgIpc) is 2.48. The number of hydrogen-bond donors (Lipinski definition) is 1. The van der Waals surface area contributed by atoms with Crippen molar-refractivity contribution in [1.29, 1.82) is 0 Å². The number of hydrogen-bond acceptors (Lipinski definition) is 3. The molecule has 1 atom stereocenters. The molecule has 0 aromatic heterocycles. The van der Waals surface area contributed by atoms with Gasteiger partial charge < -0.3 is 0 Å². The van der Waals surface area contributed by atoms with Crippen LogP contribution < -0.4 is 5.48 Å². The molecule has 1 unspecified atom stereocenters. The van der Waals surface area contributed by atoms with Crippen molar-refractivity contribution in [1.82, 2.24) is 5.48 Å². The van der Waals surface area contributed by atoms with Crippen LogP contribution in [0, 0.1) is 0 Å². The van der Waals surface area contributed by atoms with Gasteiger partial charge in [-0.2, -0.15) is 5.48 Å². The number of hydroxylamine groups is 1. The first-order valence-electron chi connectivity index (χ1n) is 6.35. The van der Waals surface area contributed by atoms with Crippen LogP contribution in [0.25, 0.3) is 0 Å². The van der Waals surface area contributed by atoms with Gasteiger partial charge in [-0.3, -0.25) is 4.84 Å². The van der Waals surface area contributed by atoms with Gasteiger partial charge in [0, 0.05) is 4.90 Å². The molecule has 0 fully saturated rings. The SMILES string of the molecule is CSc1ccc(C(C)NOCc2ccccc2)cc1. The van der Waals surface area contributed by atoms with E-state index in [1.54, 1.807) is 11.8 Å². The van der Waals surface area contributed by atoms with Crippen LogP contribution in [0.5, 0.6) is 0 Å². The van der Waals surface area contributed by atoms with E-state index in [4.69, 9.17) is 4.84 Å². The van der Waals surface area contributed by atoms with E-state index in [1.807, 2.05) is 18.2 Å². The molecule has 0 saturated heterocycles. The van der Waals surface area contributed by atoms with Crippen molar-refractivity contribution in [2.75, 3.05) is 6.26 Å². The lowest BCUT2D eigenvalue weighted by molar-refractivity contribution is 0.00697. The molecule has 0 spiro atoms. The highest BCUT2D eigenvalue weighted by molar-refractivity contribution is 7.98. The summed E-state index contributed by atoms with van der Waals surface area (Å²) >= 11 is 1.75. The summed E-state index contributed by atoms with van der Waals surface area (Å²) in [5.74, 6) is 0. The highest BCUT2D eigenvalue weighted by atomic mass is 32.2. The summed E-state index contributed by atoms with van der Waals surface area (Å²) in [6, 6.07) is 18.9. The summed E-state index contributed by atoms with van der Waals surface area (Å²) in [4.78, 5) is 6.82. The zero-order valence-corrected chi connectivity index (χ0v) is 12.1. The Morgan fingerprint density at radius 3 is 2.37 bits per heavy atom. The van der Waals surface area contributed by atoms with Crippen molar-refractivity contribution in [2.45, 2.75) is 24.5 Å². The minimum absolute atomic E-state index is 0.180. The zero-order chi connectivity index (χ0) is 13.5.